The molecule has 2 heterocycles. The van der Waals surface area contributed by atoms with Crippen molar-refractivity contribution in [3.05, 3.63) is 66.0 Å². The molecule has 6 nitrogen and oxygen atoms in total. The van der Waals surface area contributed by atoms with E-state index in [4.69, 9.17) is 4.98 Å². The van der Waals surface area contributed by atoms with Crippen LogP contribution in [-0.2, 0) is 28.4 Å². The van der Waals surface area contributed by atoms with E-state index in [1.165, 1.54) is 0 Å². The average molecular weight is 437 g/mol. The molecule has 1 saturated heterocycles. The van der Waals surface area contributed by atoms with E-state index < -0.39 is 0 Å². The highest BCUT2D eigenvalue weighted by Gasteiger charge is 2.27. The van der Waals surface area contributed by atoms with E-state index in [-0.39, 0.29) is 17.7 Å². The molecule has 4 rings (SSSR count). The van der Waals surface area contributed by atoms with Gasteiger partial charge in [-0.3, -0.25) is 9.59 Å². The number of likely N-dealkylation sites (tertiary alicyclic amines) is 1. The van der Waals surface area contributed by atoms with E-state index in [1.807, 2.05) is 70.3 Å². The number of piperidine rings is 1. The first kappa shape index (κ1) is 21.4. The molecule has 31 heavy (non-hydrogen) atoms. The Kier molecular flexibility index (Phi) is 6.92. The first-order valence-electron chi connectivity index (χ1n) is 10.7. The van der Waals surface area contributed by atoms with Crippen molar-refractivity contribution in [2.45, 2.75) is 31.7 Å². The molecule has 1 fully saturated rings. The number of para-hydroxylation sites is 2. The summed E-state index contributed by atoms with van der Waals surface area (Å²) in [6.45, 7) is 2.07. The van der Waals surface area contributed by atoms with Gasteiger partial charge in [0.1, 0.15) is 12.4 Å². The predicted octanol–water partition coefficient (Wildman–Crippen LogP) is 3.45. The zero-order valence-electron chi connectivity index (χ0n) is 17.8. The summed E-state index contributed by atoms with van der Waals surface area (Å²) in [5.41, 5.74) is 3.01. The zero-order chi connectivity index (χ0) is 21.6. The Morgan fingerprint density at radius 2 is 1.77 bits per heavy atom. The number of nitrogens with zero attached hydrogens (tertiary/aromatic N) is 3. The minimum absolute atomic E-state index is 0.0334. The van der Waals surface area contributed by atoms with Gasteiger partial charge in [0.15, 0.2) is 0 Å². The number of thioether (sulfide) groups is 1. The van der Waals surface area contributed by atoms with Gasteiger partial charge in [0.05, 0.1) is 16.8 Å². The molecule has 1 N–H and O–H groups in total. The summed E-state index contributed by atoms with van der Waals surface area (Å²) >= 11 is 1.70. The van der Waals surface area contributed by atoms with Crippen molar-refractivity contribution in [1.29, 1.82) is 0 Å². The van der Waals surface area contributed by atoms with Crippen LogP contribution in [0.25, 0.3) is 11.0 Å². The van der Waals surface area contributed by atoms with E-state index in [1.54, 1.807) is 11.8 Å². The summed E-state index contributed by atoms with van der Waals surface area (Å²) in [6, 6.07) is 17.9. The number of nitrogens with one attached hydrogen (secondary N) is 1. The van der Waals surface area contributed by atoms with Gasteiger partial charge in [0.2, 0.25) is 11.8 Å². The molecular weight excluding hydrogens is 408 g/mol. The quantitative estimate of drug-likeness (QED) is 0.616. The maximum Gasteiger partial charge on any atom is 0.242 e. The first-order valence-corrected chi connectivity index (χ1v) is 12.1. The van der Waals surface area contributed by atoms with Crippen LogP contribution in [-0.4, -0.2) is 45.6 Å². The molecule has 162 valence electrons. The van der Waals surface area contributed by atoms with Crippen LogP contribution in [0, 0.1) is 5.92 Å². The molecule has 1 aliphatic rings. The number of amides is 2. The fourth-order valence-electron chi connectivity index (χ4n) is 4.10. The smallest absolute Gasteiger partial charge is 0.242 e. The van der Waals surface area contributed by atoms with E-state index in [0.29, 0.717) is 39.0 Å². The summed E-state index contributed by atoms with van der Waals surface area (Å²) in [6.07, 6.45) is 3.45. The minimum Gasteiger partial charge on any atom is -0.352 e. The van der Waals surface area contributed by atoms with Crippen LogP contribution in [0.5, 0.6) is 0 Å². The van der Waals surface area contributed by atoms with Crippen molar-refractivity contribution >= 4 is 34.6 Å². The zero-order valence-corrected chi connectivity index (χ0v) is 18.6. The lowest BCUT2D eigenvalue weighted by atomic mass is 9.95. The molecule has 2 aromatic carbocycles. The fourth-order valence-corrected chi connectivity index (χ4v) is 4.58. The lowest BCUT2D eigenvalue weighted by Gasteiger charge is -2.31. The summed E-state index contributed by atoms with van der Waals surface area (Å²) in [7, 11) is 0. The Labute approximate surface area is 187 Å². The van der Waals surface area contributed by atoms with Crippen molar-refractivity contribution in [2.24, 2.45) is 5.92 Å². The number of carbonyl (C=O) groups excluding carboxylic acids is 2. The van der Waals surface area contributed by atoms with Crippen molar-refractivity contribution < 1.29 is 9.59 Å². The first-order chi connectivity index (χ1) is 15.2. The Bertz CT molecular complexity index is 1040. The molecule has 0 bridgehead atoms. The van der Waals surface area contributed by atoms with Gasteiger partial charge in [-0.05, 0) is 36.8 Å². The standard InChI is InChI=1S/C24H28N4O2S/c1-31-17-22-26-20-9-5-6-10-21(20)28(22)16-23(29)27-13-11-19(12-14-27)24(30)25-15-18-7-3-2-4-8-18/h2-10,19H,11-17H2,1H3,(H,25,30). The van der Waals surface area contributed by atoms with Crippen molar-refractivity contribution in [3.8, 4) is 0 Å². The second kappa shape index (κ2) is 10.0. The van der Waals surface area contributed by atoms with Crippen molar-refractivity contribution in [1.82, 2.24) is 19.8 Å². The van der Waals surface area contributed by atoms with Crippen LogP contribution in [0.2, 0.25) is 0 Å². The van der Waals surface area contributed by atoms with Crippen molar-refractivity contribution in [3.63, 3.8) is 0 Å². The van der Waals surface area contributed by atoms with Gasteiger partial charge in [-0.1, -0.05) is 42.5 Å². The summed E-state index contributed by atoms with van der Waals surface area (Å²) in [5.74, 6) is 1.84. The third-order valence-electron chi connectivity index (χ3n) is 5.83. The highest BCUT2D eigenvalue weighted by Crippen LogP contribution is 2.21. The number of fused-ring (bicyclic) bond motifs is 1. The largest absolute Gasteiger partial charge is 0.352 e. The molecule has 2 amide bonds. The van der Waals surface area contributed by atoms with Crippen LogP contribution in [0.1, 0.15) is 24.2 Å². The lowest BCUT2D eigenvalue weighted by Crippen LogP contribution is -2.44. The van der Waals surface area contributed by atoms with Crippen LogP contribution < -0.4 is 5.32 Å². The van der Waals surface area contributed by atoms with Crippen molar-refractivity contribution in [2.75, 3.05) is 19.3 Å². The third-order valence-corrected chi connectivity index (χ3v) is 6.38. The molecular formula is C24H28N4O2S. The summed E-state index contributed by atoms with van der Waals surface area (Å²) in [5, 5.41) is 3.03. The molecule has 3 aromatic rings. The summed E-state index contributed by atoms with van der Waals surface area (Å²) in [4.78, 5) is 32.1. The maximum absolute atomic E-state index is 13.0. The number of imidazole rings is 1. The van der Waals surface area contributed by atoms with E-state index in [9.17, 15) is 9.59 Å². The number of rotatable bonds is 7. The number of carbonyl (C=O) groups is 2. The van der Waals surface area contributed by atoms with E-state index in [0.717, 1.165) is 28.2 Å². The highest BCUT2D eigenvalue weighted by atomic mass is 32.2. The monoisotopic (exact) mass is 436 g/mol. The molecule has 1 aromatic heterocycles. The number of hydrogen-bond acceptors (Lipinski definition) is 4. The molecule has 7 heteroatoms. The number of aromatic nitrogens is 2. The average Bonchev–Trinajstić information content (AvgIpc) is 3.15. The van der Waals surface area contributed by atoms with Gasteiger partial charge in [-0.25, -0.2) is 4.98 Å². The Morgan fingerprint density at radius 3 is 2.52 bits per heavy atom. The minimum atomic E-state index is -0.0334. The predicted molar refractivity (Wildman–Crippen MR) is 125 cm³/mol. The van der Waals surface area contributed by atoms with Crippen LogP contribution >= 0.6 is 11.8 Å². The van der Waals surface area contributed by atoms with Crippen LogP contribution in [0.15, 0.2) is 54.6 Å². The molecule has 0 atom stereocenters. The van der Waals surface area contributed by atoms with Gasteiger partial charge in [-0.2, -0.15) is 11.8 Å². The van der Waals surface area contributed by atoms with Gasteiger partial charge < -0.3 is 14.8 Å². The van der Waals surface area contributed by atoms with Gasteiger partial charge in [0, 0.05) is 25.6 Å². The topological polar surface area (TPSA) is 67.2 Å². The van der Waals surface area contributed by atoms with Gasteiger partial charge in [0.25, 0.3) is 0 Å². The number of hydrogen-bond donors (Lipinski definition) is 1. The molecule has 0 saturated carbocycles. The Balaban J connectivity index is 1.33. The maximum atomic E-state index is 13.0. The Morgan fingerprint density at radius 1 is 1.06 bits per heavy atom. The molecule has 0 unspecified atom stereocenters. The lowest BCUT2D eigenvalue weighted by molar-refractivity contribution is -0.136. The molecule has 1 aliphatic heterocycles. The summed E-state index contributed by atoms with van der Waals surface area (Å²) < 4.78 is 2.03. The molecule has 0 aliphatic carbocycles. The molecule has 0 spiro atoms. The van der Waals surface area contributed by atoms with E-state index in [2.05, 4.69) is 5.32 Å². The van der Waals surface area contributed by atoms with Crippen LogP contribution in [0.3, 0.4) is 0 Å². The number of benzene rings is 2. The fraction of sp³-hybridized carbons (Fsp3) is 0.375. The van der Waals surface area contributed by atoms with E-state index >= 15 is 0 Å². The SMILES string of the molecule is CSCc1nc2ccccc2n1CC(=O)N1CCC(C(=O)NCc2ccccc2)CC1. The second-order valence-electron chi connectivity index (χ2n) is 7.89. The highest BCUT2D eigenvalue weighted by molar-refractivity contribution is 7.97. The Hall–Kier alpha value is -2.80. The van der Waals surface area contributed by atoms with Gasteiger partial charge in [-0.15, -0.1) is 0 Å². The normalized spacial score (nSPS) is 14.7. The third kappa shape index (κ3) is 5.10. The molecule has 0 radical (unpaired) electrons. The van der Waals surface area contributed by atoms with Gasteiger partial charge >= 0.3 is 0 Å². The second-order valence-corrected chi connectivity index (χ2v) is 8.76. The van der Waals surface area contributed by atoms with Crippen LogP contribution in [0.4, 0.5) is 0 Å².